The number of benzene rings is 2. The zero-order chi connectivity index (χ0) is 19.0. The topological polar surface area (TPSA) is 38.2 Å². The van der Waals surface area contributed by atoms with Crippen LogP contribution in [0.1, 0.15) is 17.2 Å². The van der Waals surface area contributed by atoms with Crippen LogP contribution in [-0.2, 0) is 10.9 Å². The van der Waals surface area contributed by atoms with Crippen molar-refractivity contribution in [2.24, 2.45) is 0 Å². The summed E-state index contributed by atoms with van der Waals surface area (Å²) in [6.45, 7) is 1.32. The number of morpholine rings is 1. The molecule has 1 aliphatic rings. The highest BCUT2D eigenvalue weighted by molar-refractivity contribution is 5.89. The SMILES string of the molecule is Fc1ccc2ncnc(N3CCOC(c4ccc(C(F)(F)F)cc4)C3)c2c1. The molecule has 0 spiro atoms. The van der Waals surface area contributed by atoms with Crippen molar-refractivity contribution in [3.63, 3.8) is 0 Å². The van der Waals surface area contributed by atoms with Gasteiger partial charge in [-0.05, 0) is 35.9 Å². The van der Waals surface area contributed by atoms with Gasteiger partial charge in [0.05, 0.1) is 17.7 Å². The number of halogens is 4. The molecule has 2 heterocycles. The summed E-state index contributed by atoms with van der Waals surface area (Å²) >= 11 is 0. The molecule has 0 aliphatic carbocycles. The van der Waals surface area contributed by atoms with E-state index in [0.717, 1.165) is 12.1 Å². The molecule has 27 heavy (non-hydrogen) atoms. The summed E-state index contributed by atoms with van der Waals surface area (Å²) in [7, 11) is 0. The molecule has 1 saturated heterocycles. The maximum absolute atomic E-state index is 13.7. The monoisotopic (exact) mass is 377 g/mol. The lowest BCUT2D eigenvalue weighted by atomic mass is 10.0. The van der Waals surface area contributed by atoms with Gasteiger partial charge in [-0.25, -0.2) is 14.4 Å². The van der Waals surface area contributed by atoms with Gasteiger partial charge in [-0.1, -0.05) is 12.1 Å². The van der Waals surface area contributed by atoms with Crippen molar-refractivity contribution in [2.45, 2.75) is 12.3 Å². The Morgan fingerprint density at radius 2 is 1.81 bits per heavy atom. The van der Waals surface area contributed by atoms with Crippen LogP contribution < -0.4 is 4.90 Å². The normalized spacial score (nSPS) is 18.1. The van der Waals surface area contributed by atoms with Crippen LogP contribution >= 0.6 is 0 Å². The summed E-state index contributed by atoms with van der Waals surface area (Å²) in [6, 6.07) is 9.25. The van der Waals surface area contributed by atoms with Crippen LogP contribution in [0.15, 0.2) is 48.8 Å². The van der Waals surface area contributed by atoms with Gasteiger partial charge in [0.1, 0.15) is 24.1 Å². The maximum Gasteiger partial charge on any atom is 0.416 e. The quantitative estimate of drug-likeness (QED) is 0.622. The summed E-state index contributed by atoms with van der Waals surface area (Å²) in [6.07, 6.45) is -3.36. The predicted molar refractivity (Wildman–Crippen MR) is 91.8 cm³/mol. The molecule has 0 radical (unpaired) electrons. The standard InChI is InChI=1S/C19H15F4N3O/c20-14-5-6-16-15(9-14)18(25-11-24-16)26-7-8-27-17(10-26)12-1-3-13(4-2-12)19(21,22)23/h1-6,9,11,17H,7-8,10H2. The van der Waals surface area contributed by atoms with Crippen LogP contribution in [0.4, 0.5) is 23.4 Å². The van der Waals surface area contributed by atoms with Crippen LogP contribution in [-0.4, -0.2) is 29.7 Å². The summed E-state index contributed by atoms with van der Waals surface area (Å²) in [5.41, 5.74) is 0.576. The third-order valence-corrected chi connectivity index (χ3v) is 4.55. The first kappa shape index (κ1) is 17.7. The summed E-state index contributed by atoms with van der Waals surface area (Å²) < 4.78 is 57.6. The largest absolute Gasteiger partial charge is 0.416 e. The first-order chi connectivity index (χ1) is 12.9. The zero-order valence-electron chi connectivity index (χ0n) is 14.1. The van der Waals surface area contributed by atoms with Crippen LogP contribution in [0.3, 0.4) is 0 Å². The highest BCUT2D eigenvalue weighted by Crippen LogP contribution is 2.32. The predicted octanol–water partition coefficient (Wildman–Crippen LogP) is 4.37. The van der Waals surface area contributed by atoms with Gasteiger partial charge in [0.25, 0.3) is 0 Å². The number of nitrogens with zero attached hydrogens (tertiary/aromatic N) is 3. The number of anilines is 1. The molecule has 1 fully saturated rings. The Kier molecular flexibility index (Phi) is 4.43. The van der Waals surface area contributed by atoms with E-state index in [1.165, 1.54) is 30.6 Å². The van der Waals surface area contributed by atoms with Crippen LogP contribution in [0.5, 0.6) is 0 Å². The molecular formula is C19H15F4N3O. The molecule has 2 aromatic carbocycles. The van der Waals surface area contributed by atoms with Crippen LogP contribution in [0, 0.1) is 5.82 Å². The minimum Gasteiger partial charge on any atom is -0.370 e. The number of ether oxygens (including phenoxy) is 1. The van der Waals surface area contributed by atoms with Gasteiger partial charge < -0.3 is 9.64 Å². The molecule has 4 rings (SSSR count). The molecule has 0 N–H and O–H groups in total. The number of fused-ring (bicyclic) bond motifs is 1. The molecule has 1 aromatic heterocycles. The van der Waals surface area contributed by atoms with E-state index in [4.69, 9.17) is 4.74 Å². The Morgan fingerprint density at radius 1 is 1.04 bits per heavy atom. The Morgan fingerprint density at radius 3 is 2.56 bits per heavy atom. The molecule has 1 aliphatic heterocycles. The number of aromatic nitrogens is 2. The van der Waals surface area contributed by atoms with E-state index in [2.05, 4.69) is 9.97 Å². The fourth-order valence-electron chi connectivity index (χ4n) is 3.20. The number of alkyl halides is 3. The summed E-state index contributed by atoms with van der Waals surface area (Å²) in [5, 5.41) is 0.588. The van der Waals surface area contributed by atoms with Crippen molar-refractivity contribution in [2.75, 3.05) is 24.6 Å². The smallest absolute Gasteiger partial charge is 0.370 e. The molecule has 8 heteroatoms. The second kappa shape index (κ2) is 6.77. The van der Waals surface area contributed by atoms with E-state index in [1.807, 2.05) is 4.90 Å². The maximum atomic E-state index is 13.7. The van der Waals surface area contributed by atoms with Gasteiger partial charge in [0.15, 0.2) is 0 Å². The first-order valence-electron chi connectivity index (χ1n) is 8.36. The van der Waals surface area contributed by atoms with E-state index in [9.17, 15) is 17.6 Å². The average Bonchev–Trinajstić information content (AvgIpc) is 2.67. The van der Waals surface area contributed by atoms with Gasteiger partial charge in [0, 0.05) is 18.5 Å². The van der Waals surface area contributed by atoms with Crippen molar-refractivity contribution >= 4 is 16.7 Å². The third-order valence-electron chi connectivity index (χ3n) is 4.55. The van der Waals surface area contributed by atoms with E-state index in [1.54, 1.807) is 6.07 Å². The van der Waals surface area contributed by atoms with E-state index < -0.39 is 17.8 Å². The number of rotatable bonds is 2. The van der Waals surface area contributed by atoms with Gasteiger partial charge >= 0.3 is 6.18 Å². The van der Waals surface area contributed by atoms with E-state index in [0.29, 0.717) is 42.0 Å². The Hall–Kier alpha value is -2.74. The number of hydrogen-bond donors (Lipinski definition) is 0. The molecule has 0 bridgehead atoms. The Labute approximate surface area is 152 Å². The Bertz CT molecular complexity index is 959. The lowest BCUT2D eigenvalue weighted by Crippen LogP contribution is -2.39. The van der Waals surface area contributed by atoms with Crippen molar-refractivity contribution < 1.29 is 22.3 Å². The van der Waals surface area contributed by atoms with E-state index >= 15 is 0 Å². The van der Waals surface area contributed by atoms with Gasteiger partial charge in [-0.3, -0.25) is 0 Å². The molecule has 0 saturated carbocycles. The summed E-state index contributed by atoms with van der Waals surface area (Å²) in [4.78, 5) is 10.4. The van der Waals surface area contributed by atoms with Gasteiger partial charge in [-0.2, -0.15) is 13.2 Å². The second-order valence-corrected chi connectivity index (χ2v) is 6.28. The molecule has 0 amide bonds. The van der Waals surface area contributed by atoms with Crippen molar-refractivity contribution in [3.05, 3.63) is 65.7 Å². The molecule has 140 valence electrons. The van der Waals surface area contributed by atoms with Gasteiger partial charge in [0.2, 0.25) is 0 Å². The molecule has 3 aromatic rings. The molecule has 1 unspecified atom stereocenters. The molecule has 4 nitrogen and oxygen atoms in total. The summed E-state index contributed by atoms with van der Waals surface area (Å²) in [5.74, 6) is 0.200. The lowest BCUT2D eigenvalue weighted by Gasteiger charge is -2.34. The number of hydrogen-bond acceptors (Lipinski definition) is 4. The van der Waals surface area contributed by atoms with Gasteiger partial charge in [-0.15, -0.1) is 0 Å². The van der Waals surface area contributed by atoms with Crippen LogP contribution in [0.25, 0.3) is 10.9 Å². The average molecular weight is 377 g/mol. The Balaban J connectivity index is 1.61. The molecular weight excluding hydrogens is 362 g/mol. The molecule has 1 atom stereocenters. The van der Waals surface area contributed by atoms with Crippen molar-refractivity contribution in [1.29, 1.82) is 0 Å². The third kappa shape index (κ3) is 3.57. The second-order valence-electron chi connectivity index (χ2n) is 6.28. The minimum atomic E-state index is -4.37. The van der Waals surface area contributed by atoms with Crippen LogP contribution in [0.2, 0.25) is 0 Å². The van der Waals surface area contributed by atoms with E-state index in [-0.39, 0.29) is 5.82 Å². The fraction of sp³-hybridized carbons (Fsp3) is 0.263. The fourth-order valence-corrected chi connectivity index (χ4v) is 3.20. The minimum absolute atomic E-state index is 0.381. The lowest BCUT2D eigenvalue weighted by molar-refractivity contribution is -0.137. The first-order valence-corrected chi connectivity index (χ1v) is 8.36. The van der Waals surface area contributed by atoms with Crippen molar-refractivity contribution in [1.82, 2.24) is 9.97 Å². The zero-order valence-corrected chi connectivity index (χ0v) is 14.1. The van der Waals surface area contributed by atoms with Crippen molar-refractivity contribution in [3.8, 4) is 0 Å². The highest BCUT2D eigenvalue weighted by Gasteiger charge is 2.31. The highest BCUT2D eigenvalue weighted by atomic mass is 19.4.